The summed E-state index contributed by atoms with van der Waals surface area (Å²) in [5, 5.41) is 50.2. The Hall–Kier alpha value is -1.45. The molecule has 9 N–H and O–H groups in total. The van der Waals surface area contributed by atoms with Crippen LogP contribution >= 0.6 is 0 Å². The van der Waals surface area contributed by atoms with Crippen molar-refractivity contribution in [1.29, 1.82) is 0 Å². The Kier molecular flexibility index (Phi) is 9.34. The Morgan fingerprint density at radius 2 is 0.929 bits per heavy atom. The van der Waals surface area contributed by atoms with E-state index in [1.165, 1.54) is 0 Å². The summed E-state index contributed by atoms with van der Waals surface area (Å²) in [6.45, 7) is 0.433. The zero-order valence-corrected chi connectivity index (χ0v) is 17.3. The van der Waals surface area contributed by atoms with Gasteiger partial charge in [-0.2, -0.15) is 0 Å². The number of nitrogens with two attached hydrogens (primary N) is 1. The Morgan fingerprint density at radius 1 is 0.607 bits per heavy atom. The van der Waals surface area contributed by atoms with Crippen LogP contribution < -0.4 is 12.6 Å². The number of carboxylic acid groups (broad SMARTS) is 5. The van der Waals surface area contributed by atoms with Crippen molar-refractivity contribution in [1.82, 2.24) is 6.83 Å². The van der Waals surface area contributed by atoms with E-state index >= 15 is 0 Å². The van der Waals surface area contributed by atoms with Crippen molar-refractivity contribution in [3.8, 4) is 0 Å². The number of rotatable bonds is 16. The van der Waals surface area contributed by atoms with Gasteiger partial charge in [0, 0.05) is 0 Å². The van der Waals surface area contributed by atoms with Crippen molar-refractivity contribution in [2.45, 2.75) is 11.0 Å². The fraction of sp³-hybridized carbons (Fsp3) is 0.643. The summed E-state index contributed by atoms with van der Waals surface area (Å²) in [5.41, 5.74) is 5.32. The maximum atomic E-state index is 11.7. The number of carboxylic acids is 5. The van der Waals surface area contributed by atoms with Crippen molar-refractivity contribution in [3.05, 3.63) is 0 Å². The van der Waals surface area contributed by atoms with Crippen molar-refractivity contribution in [2.75, 3.05) is 26.2 Å². The number of nitrogens with one attached hydrogen (secondary N) is 2. The van der Waals surface area contributed by atoms with Crippen LogP contribution in [-0.2, 0) is 24.0 Å². The average molecular weight is 555 g/mol. The summed E-state index contributed by atoms with van der Waals surface area (Å²) in [6, 6.07) is 0. The van der Waals surface area contributed by atoms with Crippen LogP contribution in [0.2, 0.25) is 11.0 Å². The molecule has 0 saturated heterocycles. The third kappa shape index (κ3) is 7.18. The molecule has 166 valence electrons. The van der Waals surface area contributed by atoms with Crippen LogP contribution in [0, 0.1) is 28.1 Å². The molecule has 0 atom stereocenters. The molecule has 0 unspecified atom stereocenters. The molecule has 0 fully saturated rings. The minimum atomic E-state index is -6.74. The van der Waals surface area contributed by atoms with Gasteiger partial charge < -0.3 is 0 Å². The molecule has 0 rings (SSSR count). The van der Waals surface area contributed by atoms with Crippen LogP contribution in [0.3, 0.4) is 0 Å². The predicted octanol–water partition coefficient (Wildman–Crippen LogP) is -1.22. The third-order valence-electron chi connectivity index (χ3n) is 3.77. The van der Waals surface area contributed by atoms with Crippen LogP contribution in [-0.4, -0.2) is 81.6 Å². The number of aliphatic carboxylic acids is 5. The molecule has 14 heteroatoms. The van der Waals surface area contributed by atoms with Gasteiger partial charge in [0.05, 0.1) is 0 Å². The van der Waals surface area contributed by atoms with Gasteiger partial charge in [-0.3, -0.25) is 0 Å². The normalized spacial score (nSPS) is 13.9. The van der Waals surface area contributed by atoms with E-state index in [0.717, 1.165) is 0 Å². The first-order valence-corrected chi connectivity index (χ1v) is 17.0. The van der Waals surface area contributed by atoms with Gasteiger partial charge in [0.15, 0.2) is 0 Å². The Labute approximate surface area is 156 Å². The second-order valence-corrected chi connectivity index (χ2v) is 26.6. The fourth-order valence-corrected chi connectivity index (χ4v) is 21.1. The molecule has 0 aromatic heterocycles. The summed E-state index contributed by atoms with van der Waals surface area (Å²) in [7, 11) is 0. The van der Waals surface area contributed by atoms with Gasteiger partial charge in [0.1, 0.15) is 0 Å². The Bertz CT molecular complexity index is 548. The first kappa shape index (κ1) is 26.6. The molecule has 0 spiro atoms. The number of hydrogen-bond donors (Lipinski definition) is 8. The molecule has 0 aromatic carbocycles. The zero-order valence-electron chi connectivity index (χ0n) is 15.1. The molecular weight excluding hydrogens is 527 g/mol. The monoisotopic (exact) mass is 555 g/mol. The van der Waals surface area contributed by atoms with E-state index in [1.54, 1.807) is 0 Å². The van der Waals surface area contributed by atoms with Gasteiger partial charge in [0.2, 0.25) is 0 Å². The van der Waals surface area contributed by atoms with Crippen molar-refractivity contribution >= 4 is 29.8 Å². The van der Waals surface area contributed by atoms with E-state index in [9.17, 15) is 49.5 Å². The molecule has 0 aromatic rings. The molecule has 0 radical (unpaired) electrons. The van der Waals surface area contributed by atoms with Crippen molar-refractivity contribution in [2.24, 2.45) is 5.73 Å². The summed E-state index contributed by atoms with van der Waals surface area (Å²) in [4.78, 5) is 58.5. The van der Waals surface area contributed by atoms with Gasteiger partial charge >= 0.3 is 157 Å². The van der Waals surface area contributed by atoms with Gasteiger partial charge in [0.25, 0.3) is 0 Å². The van der Waals surface area contributed by atoms with Crippen LogP contribution in [0.4, 0.5) is 0 Å². The predicted molar refractivity (Wildman–Crippen MR) is 92.1 cm³/mol. The van der Waals surface area contributed by atoms with Crippen LogP contribution in [0.1, 0.15) is 0 Å². The van der Waals surface area contributed by atoms with Gasteiger partial charge in [-0.15, -0.1) is 0 Å². The topological polar surface area (TPSA) is 237 Å². The molecule has 0 aliphatic rings. The third-order valence-corrected chi connectivity index (χ3v) is 23.9. The van der Waals surface area contributed by atoms with Gasteiger partial charge in [-0.05, 0) is 0 Å². The van der Waals surface area contributed by atoms with Crippen LogP contribution in [0.5, 0.6) is 0 Å². The standard InChI is InChI=1S/C4H12N3.5C2H3O2.Gd/c5-1-3-7-4-2-6;5*1-2(3)4;/h5,7H,1-4,6H2;5*1H2,(H,3,4);/q-1;;;;;;+1. The molecular formula is C14H27GdN3O10. The van der Waals surface area contributed by atoms with E-state index in [2.05, 4.69) is 6.83 Å². The average Bonchev–Trinajstić information content (AvgIpc) is 2.42. The van der Waals surface area contributed by atoms with E-state index in [4.69, 9.17) is 5.73 Å². The Morgan fingerprint density at radius 3 is 1.18 bits per heavy atom. The summed E-state index contributed by atoms with van der Waals surface area (Å²) in [6.07, 6.45) is 0. The molecule has 28 heavy (non-hydrogen) atoms. The molecule has 0 amide bonds. The van der Waals surface area contributed by atoms with E-state index in [-0.39, 0.29) is 19.6 Å². The minimum absolute atomic E-state index is 0.0694. The second-order valence-electron chi connectivity index (χ2n) is 6.40. The van der Waals surface area contributed by atoms with Gasteiger partial charge in [-0.25, -0.2) is 0 Å². The molecule has 0 aliphatic heterocycles. The number of hydrogen-bond acceptors (Lipinski definition) is 8. The quantitative estimate of drug-likeness (QED) is 0.105. The van der Waals surface area contributed by atoms with Crippen LogP contribution in [0.25, 0.3) is 0 Å². The first-order valence-electron chi connectivity index (χ1n) is 7.80. The van der Waals surface area contributed by atoms with E-state index in [1.807, 2.05) is 0 Å². The van der Waals surface area contributed by atoms with E-state index < -0.39 is 69.0 Å². The summed E-state index contributed by atoms with van der Waals surface area (Å²) in [5.74, 6) is -8.34. The molecule has 0 aliphatic carbocycles. The molecule has 0 bridgehead atoms. The van der Waals surface area contributed by atoms with E-state index in [0.29, 0.717) is 6.54 Å². The molecule has 0 saturated carbocycles. The summed E-state index contributed by atoms with van der Waals surface area (Å²) < 4.78 is -3.18. The van der Waals surface area contributed by atoms with Gasteiger partial charge in [-0.1, -0.05) is 0 Å². The first-order chi connectivity index (χ1) is 12.8. The fourth-order valence-electron chi connectivity index (χ4n) is 3.11. The molecule has 13 nitrogen and oxygen atoms in total. The van der Waals surface area contributed by atoms with Crippen LogP contribution in [0.15, 0.2) is 0 Å². The van der Waals surface area contributed by atoms with Crippen molar-refractivity contribution < 1.29 is 77.6 Å². The number of carbonyl (C=O) groups is 5. The zero-order chi connectivity index (χ0) is 22.1. The molecule has 0 heterocycles. The second kappa shape index (κ2) is 9.85. The summed E-state index contributed by atoms with van der Waals surface area (Å²) >= 11 is -6.74. The maximum absolute atomic E-state index is 11.7. The SMILES string of the molecule is NCCNCC[NH][Gd]([CH2]C(=O)O)([CH2]C(=O)O)([CH2]C(=O)O)([CH2]C(=O)O)[CH2]C(=O)O. The van der Waals surface area contributed by atoms with Crippen molar-refractivity contribution in [3.63, 3.8) is 0 Å². The Balaban J connectivity index is 6.82.